The molecule has 0 saturated carbocycles. The van der Waals surface area contributed by atoms with Gasteiger partial charge in [-0.15, -0.1) is 0 Å². The lowest BCUT2D eigenvalue weighted by molar-refractivity contribution is 0.333. The second-order valence-corrected chi connectivity index (χ2v) is 5.13. The number of hydrogen-bond acceptors (Lipinski definition) is 2. The highest BCUT2D eigenvalue weighted by atomic mass is 35.5. The predicted octanol–water partition coefficient (Wildman–Crippen LogP) is 5.14. The number of benzene rings is 2. The van der Waals surface area contributed by atoms with Crippen molar-refractivity contribution in [3.8, 4) is 5.75 Å². The Morgan fingerprint density at radius 2 is 1.58 bits per heavy atom. The normalized spacial score (nSPS) is 10.3. The average molecular weight is 317 g/mol. The minimum absolute atomic E-state index is 0.528. The first-order valence-corrected chi connectivity index (χ1v) is 6.86. The Morgan fingerprint density at radius 1 is 0.895 bits per heavy atom. The summed E-state index contributed by atoms with van der Waals surface area (Å²) in [4.78, 5) is 0. The van der Waals surface area contributed by atoms with E-state index < -0.39 is 0 Å². The number of anilines is 1. The third kappa shape index (κ3) is 4.50. The summed E-state index contributed by atoms with van der Waals surface area (Å²) in [6.45, 7) is 1.17. The van der Waals surface area contributed by atoms with E-state index in [4.69, 9.17) is 39.5 Å². The second kappa shape index (κ2) is 6.90. The highest BCUT2D eigenvalue weighted by Gasteiger charge is 2.00. The van der Waals surface area contributed by atoms with Gasteiger partial charge in [0.1, 0.15) is 12.4 Å². The molecule has 100 valence electrons. The summed E-state index contributed by atoms with van der Waals surface area (Å²) in [6.07, 6.45) is 0. The molecule has 2 nitrogen and oxygen atoms in total. The highest BCUT2D eigenvalue weighted by molar-refractivity contribution is 6.36. The van der Waals surface area contributed by atoms with Crippen molar-refractivity contribution in [1.82, 2.24) is 0 Å². The van der Waals surface area contributed by atoms with E-state index in [0.717, 1.165) is 11.4 Å². The van der Waals surface area contributed by atoms with E-state index in [2.05, 4.69) is 5.32 Å². The molecule has 0 radical (unpaired) electrons. The molecular formula is C14H12Cl3NO. The molecule has 2 aromatic rings. The van der Waals surface area contributed by atoms with Crippen molar-refractivity contribution in [3.05, 3.63) is 57.5 Å². The Labute approximate surface area is 127 Å². The van der Waals surface area contributed by atoms with Crippen molar-refractivity contribution in [2.75, 3.05) is 18.5 Å². The molecule has 0 unspecified atom stereocenters. The molecule has 5 heteroatoms. The fourth-order valence-corrected chi connectivity index (χ4v) is 2.12. The summed E-state index contributed by atoms with van der Waals surface area (Å²) < 4.78 is 5.56. The molecule has 0 aliphatic carbocycles. The van der Waals surface area contributed by atoms with Gasteiger partial charge in [-0.05, 0) is 42.5 Å². The number of nitrogens with one attached hydrogen (secondary N) is 1. The summed E-state index contributed by atoms with van der Waals surface area (Å²) in [5.74, 6) is 0.786. The first kappa shape index (κ1) is 14.3. The van der Waals surface area contributed by atoms with E-state index in [1.807, 2.05) is 18.2 Å². The quantitative estimate of drug-likeness (QED) is 0.771. The molecule has 0 bridgehead atoms. The van der Waals surface area contributed by atoms with Gasteiger partial charge in [0.15, 0.2) is 0 Å². The van der Waals surface area contributed by atoms with Crippen molar-refractivity contribution in [1.29, 1.82) is 0 Å². The monoisotopic (exact) mass is 315 g/mol. The van der Waals surface area contributed by atoms with Crippen LogP contribution in [0.3, 0.4) is 0 Å². The van der Waals surface area contributed by atoms with E-state index in [1.165, 1.54) is 0 Å². The second-order valence-electron chi connectivity index (χ2n) is 3.85. The summed E-state index contributed by atoms with van der Waals surface area (Å²) in [5.41, 5.74) is 0.839. The van der Waals surface area contributed by atoms with Crippen LogP contribution < -0.4 is 10.1 Å². The lowest BCUT2D eigenvalue weighted by Gasteiger charge is -2.10. The SMILES string of the molecule is Clc1ccc(OCCNc2ccc(Cl)cc2Cl)cc1. The van der Waals surface area contributed by atoms with Crippen LogP contribution in [-0.4, -0.2) is 13.2 Å². The molecule has 2 rings (SSSR count). The molecule has 0 aliphatic rings. The summed E-state index contributed by atoms with van der Waals surface area (Å²) in [6, 6.07) is 12.6. The highest BCUT2D eigenvalue weighted by Crippen LogP contribution is 2.25. The van der Waals surface area contributed by atoms with Gasteiger partial charge >= 0.3 is 0 Å². The molecule has 0 amide bonds. The van der Waals surface area contributed by atoms with Crippen LogP contribution in [0.5, 0.6) is 5.75 Å². The van der Waals surface area contributed by atoms with Crippen molar-refractivity contribution in [3.63, 3.8) is 0 Å². The average Bonchev–Trinajstić information content (AvgIpc) is 2.39. The zero-order valence-electron chi connectivity index (χ0n) is 10.00. The van der Waals surface area contributed by atoms with Gasteiger partial charge in [-0.3, -0.25) is 0 Å². The van der Waals surface area contributed by atoms with Crippen LogP contribution in [0.15, 0.2) is 42.5 Å². The minimum atomic E-state index is 0.528. The van der Waals surface area contributed by atoms with Crippen LogP contribution in [-0.2, 0) is 0 Å². The van der Waals surface area contributed by atoms with Crippen molar-refractivity contribution >= 4 is 40.5 Å². The van der Waals surface area contributed by atoms with Gasteiger partial charge in [0.05, 0.1) is 10.7 Å². The zero-order chi connectivity index (χ0) is 13.7. The van der Waals surface area contributed by atoms with Gasteiger partial charge in [0.2, 0.25) is 0 Å². The molecule has 1 N–H and O–H groups in total. The molecule has 0 fully saturated rings. The van der Waals surface area contributed by atoms with Gasteiger partial charge in [0.25, 0.3) is 0 Å². The maximum Gasteiger partial charge on any atom is 0.119 e. The number of hydrogen-bond donors (Lipinski definition) is 1. The van der Waals surface area contributed by atoms with Gasteiger partial charge in [-0.1, -0.05) is 34.8 Å². The van der Waals surface area contributed by atoms with Crippen molar-refractivity contribution in [2.45, 2.75) is 0 Å². The Bertz CT molecular complexity index is 543. The summed E-state index contributed by atoms with van der Waals surface area (Å²) in [5, 5.41) is 5.09. The van der Waals surface area contributed by atoms with Gasteiger partial charge < -0.3 is 10.1 Å². The van der Waals surface area contributed by atoms with Crippen LogP contribution in [0, 0.1) is 0 Å². The van der Waals surface area contributed by atoms with Gasteiger partial charge in [0, 0.05) is 16.6 Å². The topological polar surface area (TPSA) is 21.3 Å². The lowest BCUT2D eigenvalue weighted by Crippen LogP contribution is -2.11. The fourth-order valence-electron chi connectivity index (χ4n) is 1.52. The largest absolute Gasteiger partial charge is 0.492 e. The maximum atomic E-state index is 6.04. The van der Waals surface area contributed by atoms with Crippen LogP contribution in [0.25, 0.3) is 0 Å². The Hall–Kier alpha value is -1.09. The van der Waals surface area contributed by atoms with Crippen molar-refractivity contribution < 1.29 is 4.74 Å². The molecule has 0 heterocycles. The first-order valence-electron chi connectivity index (χ1n) is 5.72. The minimum Gasteiger partial charge on any atom is -0.492 e. The number of ether oxygens (including phenoxy) is 1. The van der Waals surface area contributed by atoms with Crippen LogP contribution in [0.4, 0.5) is 5.69 Å². The molecule has 2 aromatic carbocycles. The van der Waals surface area contributed by atoms with E-state index in [9.17, 15) is 0 Å². The molecule has 0 atom stereocenters. The van der Waals surface area contributed by atoms with E-state index in [0.29, 0.717) is 28.2 Å². The molecular weight excluding hydrogens is 305 g/mol. The number of halogens is 3. The van der Waals surface area contributed by atoms with Crippen LogP contribution >= 0.6 is 34.8 Å². The summed E-state index contributed by atoms with van der Waals surface area (Å²) >= 11 is 17.7. The molecule has 0 spiro atoms. The van der Waals surface area contributed by atoms with Gasteiger partial charge in [-0.25, -0.2) is 0 Å². The zero-order valence-corrected chi connectivity index (χ0v) is 12.3. The van der Waals surface area contributed by atoms with E-state index in [-0.39, 0.29) is 0 Å². The fraction of sp³-hybridized carbons (Fsp3) is 0.143. The molecule has 0 aliphatic heterocycles. The summed E-state index contributed by atoms with van der Waals surface area (Å²) in [7, 11) is 0. The maximum absolute atomic E-state index is 6.04. The smallest absolute Gasteiger partial charge is 0.119 e. The molecule has 0 aromatic heterocycles. The predicted molar refractivity (Wildman–Crippen MR) is 81.9 cm³/mol. The standard InChI is InChI=1S/C14H12Cl3NO/c15-10-1-4-12(5-2-10)19-8-7-18-14-6-3-11(16)9-13(14)17/h1-6,9,18H,7-8H2. The third-order valence-corrected chi connectivity index (χ3v) is 3.23. The lowest BCUT2D eigenvalue weighted by atomic mass is 10.3. The number of rotatable bonds is 5. The Kier molecular flexibility index (Phi) is 5.20. The molecule has 0 saturated heterocycles. The molecule has 19 heavy (non-hydrogen) atoms. The van der Waals surface area contributed by atoms with Crippen molar-refractivity contribution in [2.24, 2.45) is 0 Å². The van der Waals surface area contributed by atoms with Gasteiger partial charge in [-0.2, -0.15) is 0 Å². The van der Waals surface area contributed by atoms with Crippen LogP contribution in [0.1, 0.15) is 0 Å². The van der Waals surface area contributed by atoms with E-state index in [1.54, 1.807) is 24.3 Å². The van der Waals surface area contributed by atoms with Crippen LogP contribution in [0.2, 0.25) is 15.1 Å². The Balaban J connectivity index is 1.79. The van der Waals surface area contributed by atoms with E-state index >= 15 is 0 Å². The Morgan fingerprint density at radius 3 is 2.26 bits per heavy atom. The first-order chi connectivity index (χ1) is 9.15. The third-order valence-electron chi connectivity index (χ3n) is 2.43.